The summed E-state index contributed by atoms with van der Waals surface area (Å²) in [4.78, 5) is 33.3. The maximum Gasteiger partial charge on any atom is 0.251 e. The van der Waals surface area contributed by atoms with Gasteiger partial charge in [0.05, 0.1) is 6.54 Å². The van der Waals surface area contributed by atoms with E-state index in [1.165, 1.54) is 6.33 Å². The van der Waals surface area contributed by atoms with Gasteiger partial charge >= 0.3 is 0 Å². The first-order valence-electron chi connectivity index (χ1n) is 5.99. The summed E-state index contributed by atoms with van der Waals surface area (Å²) < 4.78 is 0. The lowest BCUT2D eigenvalue weighted by molar-refractivity contribution is -0.135. The van der Waals surface area contributed by atoms with E-state index < -0.39 is 5.54 Å². The highest BCUT2D eigenvalue weighted by molar-refractivity contribution is 6.30. The van der Waals surface area contributed by atoms with E-state index >= 15 is 0 Å². The molecule has 2 amide bonds. The highest BCUT2D eigenvalue weighted by Gasteiger charge is 2.42. The van der Waals surface area contributed by atoms with Gasteiger partial charge in [-0.2, -0.15) is 0 Å². The molecule has 0 spiro atoms. The van der Waals surface area contributed by atoms with Crippen molar-refractivity contribution in [2.24, 2.45) is 0 Å². The van der Waals surface area contributed by atoms with Gasteiger partial charge in [0.25, 0.3) is 5.91 Å². The normalized spacial score (nSPS) is 18.4. The van der Waals surface area contributed by atoms with E-state index in [0.29, 0.717) is 17.4 Å². The average Bonchev–Trinajstić information content (AvgIpc) is 2.34. The highest BCUT2D eigenvalue weighted by atomic mass is 35.5. The Labute approximate surface area is 116 Å². The smallest absolute Gasteiger partial charge is 0.251 e. The number of hydrogen-bond acceptors (Lipinski definition) is 5. The van der Waals surface area contributed by atoms with E-state index in [9.17, 15) is 9.59 Å². The summed E-state index contributed by atoms with van der Waals surface area (Å²) in [6.45, 7) is 5.47. The number of piperazine rings is 1. The molecule has 0 aliphatic carbocycles. The van der Waals surface area contributed by atoms with Gasteiger partial charge in [0.2, 0.25) is 5.91 Å². The van der Waals surface area contributed by atoms with Crippen molar-refractivity contribution in [3.63, 3.8) is 0 Å². The van der Waals surface area contributed by atoms with Crippen LogP contribution >= 0.6 is 11.6 Å². The van der Waals surface area contributed by atoms with Gasteiger partial charge in [-0.15, -0.1) is 0 Å². The molecule has 6 nitrogen and oxygen atoms in total. The van der Waals surface area contributed by atoms with Gasteiger partial charge < -0.3 is 4.90 Å². The van der Waals surface area contributed by atoms with Gasteiger partial charge in [-0.25, -0.2) is 9.97 Å². The summed E-state index contributed by atoms with van der Waals surface area (Å²) in [7, 11) is 0. The summed E-state index contributed by atoms with van der Waals surface area (Å²) in [5.41, 5.74) is -0.130. The molecule has 0 radical (unpaired) electrons. The third kappa shape index (κ3) is 2.28. The third-order valence-electron chi connectivity index (χ3n) is 3.26. The van der Waals surface area contributed by atoms with Crippen LogP contribution < -0.4 is 10.2 Å². The van der Waals surface area contributed by atoms with Crippen LogP contribution in [0.1, 0.15) is 26.3 Å². The second-order valence-electron chi connectivity index (χ2n) is 4.84. The first-order chi connectivity index (χ1) is 8.87. The number of carbonyl (C=O) groups is 2. The fourth-order valence-electron chi connectivity index (χ4n) is 2.04. The van der Waals surface area contributed by atoms with E-state index in [0.717, 1.165) is 5.56 Å². The summed E-state index contributed by atoms with van der Waals surface area (Å²) in [6, 6.07) is 0. The molecule has 2 heterocycles. The van der Waals surface area contributed by atoms with Crippen molar-refractivity contribution in [2.75, 3.05) is 11.4 Å². The molecule has 1 aromatic rings. The van der Waals surface area contributed by atoms with Crippen molar-refractivity contribution in [2.45, 2.75) is 32.7 Å². The number of nitrogens with zero attached hydrogens (tertiary/aromatic N) is 3. The molecule has 0 saturated carbocycles. The number of imide groups is 1. The fourth-order valence-corrected chi connectivity index (χ4v) is 2.30. The molecule has 7 heteroatoms. The minimum Gasteiger partial charge on any atom is -0.333 e. The Morgan fingerprint density at radius 3 is 2.74 bits per heavy atom. The van der Waals surface area contributed by atoms with Crippen molar-refractivity contribution in [3.05, 3.63) is 17.0 Å². The number of nitrogens with one attached hydrogen (secondary N) is 1. The van der Waals surface area contributed by atoms with Crippen molar-refractivity contribution in [1.29, 1.82) is 0 Å². The highest BCUT2D eigenvalue weighted by Crippen LogP contribution is 2.30. The van der Waals surface area contributed by atoms with Gasteiger partial charge in [0.1, 0.15) is 22.8 Å². The maximum absolute atomic E-state index is 11.9. The number of aromatic nitrogens is 2. The van der Waals surface area contributed by atoms with Crippen LogP contribution in [0.4, 0.5) is 5.82 Å². The molecular weight excluding hydrogens is 268 g/mol. The number of carbonyl (C=O) groups excluding carboxylic acids is 2. The number of anilines is 1. The molecule has 2 rings (SSSR count). The Balaban J connectivity index is 2.53. The Morgan fingerprint density at radius 2 is 2.11 bits per heavy atom. The molecule has 1 saturated heterocycles. The molecule has 1 aromatic heterocycles. The molecule has 1 fully saturated rings. The molecule has 19 heavy (non-hydrogen) atoms. The van der Waals surface area contributed by atoms with Crippen LogP contribution in [0.25, 0.3) is 0 Å². The number of hydrogen-bond donors (Lipinski definition) is 1. The summed E-state index contributed by atoms with van der Waals surface area (Å²) in [5.74, 6) is -0.155. The Morgan fingerprint density at radius 1 is 1.42 bits per heavy atom. The zero-order chi connectivity index (χ0) is 14.2. The molecule has 1 N–H and O–H groups in total. The zero-order valence-corrected chi connectivity index (χ0v) is 11.8. The molecule has 0 atom stereocenters. The number of rotatable bonds is 2. The Bertz CT molecular complexity index is 545. The number of halogens is 1. The molecule has 102 valence electrons. The lowest BCUT2D eigenvalue weighted by atomic mass is 9.98. The lowest BCUT2D eigenvalue weighted by Gasteiger charge is -2.41. The van der Waals surface area contributed by atoms with Crippen LogP contribution in [-0.4, -0.2) is 33.9 Å². The van der Waals surface area contributed by atoms with Crippen molar-refractivity contribution >= 4 is 29.2 Å². The summed E-state index contributed by atoms with van der Waals surface area (Å²) >= 11 is 6.05. The minimum atomic E-state index is -0.866. The van der Waals surface area contributed by atoms with Crippen molar-refractivity contribution in [3.8, 4) is 0 Å². The van der Waals surface area contributed by atoms with E-state index in [2.05, 4.69) is 15.3 Å². The Hall–Kier alpha value is -1.69. The molecule has 0 bridgehead atoms. The number of amides is 2. The second kappa shape index (κ2) is 4.77. The molecule has 0 unspecified atom stereocenters. The van der Waals surface area contributed by atoms with Crippen molar-refractivity contribution < 1.29 is 9.59 Å². The monoisotopic (exact) mass is 282 g/mol. The quantitative estimate of drug-likeness (QED) is 0.645. The van der Waals surface area contributed by atoms with Crippen molar-refractivity contribution in [1.82, 2.24) is 15.3 Å². The first kappa shape index (κ1) is 13.7. The van der Waals surface area contributed by atoms with Crippen LogP contribution in [0.3, 0.4) is 0 Å². The van der Waals surface area contributed by atoms with Crippen LogP contribution in [0.2, 0.25) is 5.15 Å². The van der Waals surface area contributed by atoms with Gasteiger partial charge in [0, 0.05) is 5.56 Å². The van der Waals surface area contributed by atoms with Gasteiger partial charge in [0.15, 0.2) is 0 Å². The van der Waals surface area contributed by atoms with Gasteiger partial charge in [-0.05, 0) is 20.3 Å². The minimum absolute atomic E-state index is 0.0685. The largest absolute Gasteiger partial charge is 0.333 e. The topological polar surface area (TPSA) is 75.2 Å². The lowest BCUT2D eigenvalue weighted by Crippen LogP contribution is -2.64. The van der Waals surface area contributed by atoms with E-state index in [1.807, 2.05) is 6.92 Å². The first-order valence-corrected chi connectivity index (χ1v) is 6.37. The van der Waals surface area contributed by atoms with Gasteiger partial charge in [-0.1, -0.05) is 18.5 Å². The molecular formula is C12H15ClN4O2. The zero-order valence-electron chi connectivity index (χ0n) is 11.0. The molecule has 0 aromatic carbocycles. The summed E-state index contributed by atoms with van der Waals surface area (Å²) in [5, 5.41) is 2.67. The molecule has 1 aliphatic heterocycles. The SMILES string of the molecule is CCc1c(Cl)ncnc1N1CC(=O)NC(=O)C1(C)C. The summed E-state index contributed by atoms with van der Waals surface area (Å²) in [6.07, 6.45) is 1.96. The van der Waals surface area contributed by atoms with E-state index in [-0.39, 0.29) is 18.4 Å². The van der Waals surface area contributed by atoms with Crippen LogP contribution in [0, 0.1) is 0 Å². The standard InChI is InChI=1S/C12H15ClN4O2/c1-4-7-9(13)14-6-15-10(7)17-5-8(18)16-11(19)12(17,2)3/h6H,4-5H2,1-3H3,(H,16,18,19). The molecule has 1 aliphatic rings. The van der Waals surface area contributed by atoms with Crippen LogP contribution in [0.15, 0.2) is 6.33 Å². The maximum atomic E-state index is 11.9. The van der Waals surface area contributed by atoms with Crippen LogP contribution in [0.5, 0.6) is 0 Å². The average molecular weight is 283 g/mol. The Kier molecular flexibility index (Phi) is 3.45. The van der Waals surface area contributed by atoms with E-state index in [1.54, 1.807) is 18.7 Å². The van der Waals surface area contributed by atoms with Gasteiger partial charge in [-0.3, -0.25) is 14.9 Å². The predicted octanol–water partition coefficient (Wildman–Crippen LogP) is 0.934. The second-order valence-corrected chi connectivity index (χ2v) is 5.20. The predicted molar refractivity (Wildman–Crippen MR) is 71.0 cm³/mol. The van der Waals surface area contributed by atoms with E-state index in [4.69, 9.17) is 11.6 Å². The fraction of sp³-hybridized carbons (Fsp3) is 0.500. The third-order valence-corrected chi connectivity index (χ3v) is 3.59. The van der Waals surface area contributed by atoms with Crippen LogP contribution in [-0.2, 0) is 16.0 Å².